The van der Waals surface area contributed by atoms with Gasteiger partial charge in [0.2, 0.25) is 11.7 Å². The Morgan fingerprint density at radius 1 is 1.16 bits per heavy atom. The van der Waals surface area contributed by atoms with Crippen molar-refractivity contribution in [2.24, 2.45) is 0 Å². The summed E-state index contributed by atoms with van der Waals surface area (Å²) in [5, 5.41) is 9.31. The number of likely N-dealkylation sites (N-methyl/N-ethyl adjacent to an activating group) is 1. The third-order valence-electron chi connectivity index (χ3n) is 4.39. The van der Waals surface area contributed by atoms with E-state index in [0.29, 0.717) is 33.7 Å². The van der Waals surface area contributed by atoms with Gasteiger partial charge in [0.15, 0.2) is 0 Å². The molecular weight excluding hydrogens is 491 g/mol. The predicted molar refractivity (Wildman–Crippen MR) is 136 cm³/mol. The van der Waals surface area contributed by atoms with Gasteiger partial charge in [0, 0.05) is 29.4 Å². The number of nitrogens with zero attached hydrogens (tertiary/aromatic N) is 2. The number of halogens is 3. The van der Waals surface area contributed by atoms with E-state index in [1.54, 1.807) is 30.5 Å². The summed E-state index contributed by atoms with van der Waals surface area (Å²) in [5.74, 6) is 1.14. The van der Waals surface area contributed by atoms with Crippen LogP contribution >= 0.6 is 47.8 Å². The van der Waals surface area contributed by atoms with E-state index in [9.17, 15) is 4.79 Å². The average Bonchev–Trinajstić information content (AvgIpc) is 3.29. The second-order valence-corrected chi connectivity index (χ2v) is 7.85. The molecule has 0 bridgehead atoms. The standard InChI is InChI=1S/C22H19ClN4O2S.2ClH/c1-24-8-9-29-16-5-7-19-14(11-16)13-25-22(27-19)26-15-4-6-17(18(23)12-15)21(28)20-3-2-10-30-20;;/h2-7,10-13,24H,8-9H2,1H3,(H,25,26,27);2*1H. The minimum Gasteiger partial charge on any atom is -0.492 e. The maximum absolute atomic E-state index is 12.5. The summed E-state index contributed by atoms with van der Waals surface area (Å²) >= 11 is 7.75. The normalized spacial score (nSPS) is 10.2. The Balaban J connectivity index is 0.00000181. The monoisotopic (exact) mass is 510 g/mol. The molecule has 4 aromatic rings. The highest BCUT2D eigenvalue weighted by atomic mass is 35.5. The molecule has 0 aliphatic carbocycles. The molecular formula is C22H21Cl3N4O2S. The van der Waals surface area contributed by atoms with Crippen LogP contribution in [0, 0.1) is 0 Å². The van der Waals surface area contributed by atoms with Gasteiger partial charge in [0.05, 0.1) is 15.4 Å². The predicted octanol–water partition coefficient (Wildman–Crippen LogP) is 5.76. The molecule has 0 spiro atoms. The number of thiophene rings is 1. The first kappa shape index (κ1) is 25.8. The van der Waals surface area contributed by atoms with Crippen molar-refractivity contribution >= 4 is 76.1 Å². The van der Waals surface area contributed by atoms with Crippen LogP contribution in [0.5, 0.6) is 5.75 Å². The van der Waals surface area contributed by atoms with Crippen LogP contribution in [-0.2, 0) is 0 Å². The molecule has 0 saturated carbocycles. The third kappa shape index (κ3) is 6.09. The van der Waals surface area contributed by atoms with Crippen LogP contribution in [0.25, 0.3) is 10.9 Å². The maximum atomic E-state index is 12.5. The number of carbonyl (C=O) groups is 1. The number of nitrogens with one attached hydrogen (secondary N) is 2. The molecule has 6 nitrogen and oxygen atoms in total. The Morgan fingerprint density at radius 2 is 2.00 bits per heavy atom. The van der Waals surface area contributed by atoms with E-state index in [-0.39, 0.29) is 30.6 Å². The number of carbonyl (C=O) groups excluding carboxylic acids is 1. The lowest BCUT2D eigenvalue weighted by atomic mass is 10.1. The summed E-state index contributed by atoms with van der Waals surface area (Å²) < 4.78 is 5.68. The van der Waals surface area contributed by atoms with Crippen LogP contribution < -0.4 is 15.4 Å². The van der Waals surface area contributed by atoms with Crippen LogP contribution in [0.15, 0.2) is 60.1 Å². The lowest BCUT2D eigenvalue weighted by Gasteiger charge is -2.09. The molecule has 2 N–H and O–H groups in total. The van der Waals surface area contributed by atoms with Crippen LogP contribution in [-0.4, -0.2) is 36.0 Å². The Kier molecular flexibility index (Phi) is 9.68. The van der Waals surface area contributed by atoms with Gasteiger partial charge < -0.3 is 15.4 Å². The van der Waals surface area contributed by atoms with Gasteiger partial charge in [-0.15, -0.1) is 36.2 Å². The molecule has 0 saturated heterocycles. The van der Waals surface area contributed by atoms with E-state index < -0.39 is 0 Å². The second kappa shape index (κ2) is 12.0. The molecule has 10 heteroatoms. The second-order valence-electron chi connectivity index (χ2n) is 6.49. The molecule has 32 heavy (non-hydrogen) atoms. The number of ketones is 1. The molecule has 0 fully saturated rings. The molecule has 0 atom stereocenters. The number of anilines is 2. The number of benzene rings is 2. The van der Waals surface area contributed by atoms with Gasteiger partial charge in [0.25, 0.3) is 0 Å². The summed E-state index contributed by atoms with van der Waals surface area (Å²) in [6, 6.07) is 14.5. The smallest absolute Gasteiger partial charge is 0.227 e. The van der Waals surface area contributed by atoms with Crippen molar-refractivity contribution in [2.45, 2.75) is 0 Å². The van der Waals surface area contributed by atoms with Crippen molar-refractivity contribution in [1.82, 2.24) is 15.3 Å². The molecule has 168 valence electrons. The Morgan fingerprint density at radius 3 is 2.72 bits per heavy atom. The van der Waals surface area contributed by atoms with Gasteiger partial charge >= 0.3 is 0 Å². The number of hydrogen-bond donors (Lipinski definition) is 2. The molecule has 0 radical (unpaired) electrons. The zero-order valence-corrected chi connectivity index (χ0v) is 20.2. The van der Waals surface area contributed by atoms with Gasteiger partial charge in [-0.3, -0.25) is 4.79 Å². The summed E-state index contributed by atoms with van der Waals surface area (Å²) in [7, 11) is 1.88. The number of rotatable bonds is 8. The lowest BCUT2D eigenvalue weighted by molar-refractivity contribution is 0.104. The van der Waals surface area contributed by atoms with Gasteiger partial charge in [-0.2, -0.15) is 0 Å². The fourth-order valence-corrected chi connectivity index (χ4v) is 3.82. The molecule has 0 unspecified atom stereocenters. The molecule has 2 aromatic carbocycles. The average molecular weight is 512 g/mol. The highest BCUT2D eigenvalue weighted by Crippen LogP contribution is 2.27. The van der Waals surface area contributed by atoms with Gasteiger partial charge in [-0.25, -0.2) is 9.97 Å². The minimum absolute atomic E-state index is 0. The first-order valence-electron chi connectivity index (χ1n) is 9.33. The van der Waals surface area contributed by atoms with Crippen LogP contribution in [0.2, 0.25) is 5.02 Å². The van der Waals surface area contributed by atoms with E-state index in [0.717, 1.165) is 23.2 Å². The highest BCUT2D eigenvalue weighted by Gasteiger charge is 2.14. The van der Waals surface area contributed by atoms with Crippen molar-refractivity contribution in [2.75, 3.05) is 25.5 Å². The molecule has 0 aliphatic heterocycles. The Bertz CT molecular complexity index is 1190. The van der Waals surface area contributed by atoms with E-state index in [4.69, 9.17) is 16.3 Å². The zero-order chi connectivity index (χ0) is 20.9. The third-order valence-corrected chi connectivity index (χ3v) is 5.57. The van der Waals surface area contributed by atoms with Crippen LogP contribution in [0.3, 0.4) is 0 Å². The Hall–Kier alpha value is -2.42. The summed E-state index contributed by atoms with van der Waals surface area (Å²) in [6.07, 6.45) is 1.74. The molecule has 0 aliphatic rings. The molecule has 2 heterocycles. The van der Waals surface area contributed by atoms with Gasteiger partial charge in [-0.05, 0) is 54.9 Å². The zero-order valence-electron chi connectivity index (χ0n) is 17.0. The minimum atomic E-state index is -0.0868. The Labute approximate surface area is 207 Å². The summed E-state index contributed by atoms with van der Waals surface area (Å²) in [5.41, 5.74) is 1.97. The number of ether oxygens (including phenoxy) is 1. The van der Waals surface area contributed by atoms with Gasteiger partial charge in [0.1, 0.15) is 12.4 Å². The van der Waals surface area contributed by atoms with E-state index in [2.05, 4.69) is 20.6 Å². The van der Waals surface area contributed by atoms with E-state index in [1.807, 2.05) is 36.7 Å². The maximum Gasteiger partial charge on any atom is 0.227 e. The molecule has 0 amide bonds. The highest BCUT2D eigenvalue weighted by molar-refractivity contribution is 7.12. The van der Waals surface area contributed by atoms with Crippen molar-refractivity contribution in [3.63, 3.8) is 0 Å². The first-order chi connectivity index (χ1) is 14.6. The quantitative estimate of drug-likeness (QED) is 0.231. The SMILES string of the molecule is CNCCOc1ccc2nc(Nc3ccc(C(=O)c4cccs4)c(Cl)c3)ncc2c1.Cl.Cl. The lowest BCUT2D eigenvalue weighted by Crippen LogP contribution is -2.15. The molecule has 2 aromatic heterocycles. The number of fused-ring (bicyclic) bond motifs is 1. The fourth-order valence-electron chi connectivity index (χ4n) is 2.88. The van der Waals surface area contributed by atoms with Gasteiger partial charge in [-0.1, -0.05) is 17.7 Å². The van der Waals surface area contributed by atoms with Crippen LogP contribution in [0.1, 0.15) is 15.2 Å². The van der Waals surface area contributed by atoms with Crippen molar-refractivity contribution in [3.05, 3.63) is 75.6 Å². The van der Waals surface area contributed by atoms with Crippen molar-refractivity contribution in [1.29, 1.82) is 0 Å². The summed E-state index contributed by atoms with van der Waals surface area (Å²) in [4.78, 5) is 22.1. The topological polar surface area (TPSA) is 76.1 Å². The van der Waals surface area contributed by atoms with E-state index in [1.165, 1.54) is 11.3 Å². The number of hydrogen-bond acceptors (Lipinski definition) is 7. The van der Waals surface area contributed by atoms with E-state index >= 15 is 0 Å². The first-order valence-corrected chi connectivity index (χ1v) is 10.6. The van der Waals surface area contributed by atoms with Crippen molar-refractivity contribution in [3.8, 4) is 5.75 Å². The number of aromatic nitrogens is 2. The largest absolute Gasteiger partial charge is 0.492 e. The fraction of sp³-hybridized carbons (Fsp3) is 0.136. The molecule has 4 rings (SSSR count). The van der Waals surface area contributed by atoms with Crippen LogP contribution in [0.4, 0.5) is 11.6 Å². The van der Waals surface area contributed by atoms with Crippen molar-refractivity contribution < 1.29 is 9.53 Å². The summed E-state index contributed by atoms with van der Waals surface area (Å²) in [6.45, 7) is 1.37.